The van der Waals surface area contributed by atoms with Crippen molar-refractivity contribution >= 4 is 33.3 Å². The average Bonchev–Trinajstić information content (AvgIpc) is 2.86. The molecule has 0 bridgehead atoms. The van der Waals surface area contributed by atoms with Crippen LogP contribution in [-0.2, 0) is 4.74 Å². The van der Waals surface area contributed by atoms with Crippen LogP contribution in [0.1, 0.15) is 13.3 Å². The van der Waals surface area contributed by atoms with Crippen molar-refractivity contribution in [3.8, 4) is 0 Å². The Labute approximate surface area is 110 Å². The van der Waals surface area contributed by atoms with E-state index in [4.69, 9.17) is 10.6 Å². The number of thiophene rings is 1. The summed E-state index contributed by atoms with van der Waals surface area (Å²) in [6.07, 6.45) is 0.953. The fourth-order valence-corrected chi connectivity index (χ4v) is 2.45. The number of rotatable bonds is 6. The highest BCUT2D eigenvalue weighted by Gasteiger charge is 2.12. The number of nitrogens with two attached hydrogens (primary N) is 1. The molecule has 0 aliphatic carbocycles. The second-order valence-electron chi connectivity index (χ2n) is 3.88. The Morgan fingerprint density at radius 3 is 3.00 bits per heavy atom. The van der Waals surface area contributed by atoms with Gasteiger partial charge in [0.25, 0.3) is 0 Å². The average molecular weight is 267 g/mol. The van der Waals surface area contributed by atoms with Gasteiger partial charge < -0.3 is 10.1 Å². The molecule has 6 nitrogen and oxygen atoms in total. The highest BCUT2D eigenvalue weighted by Crippen LogP contribution is 2.26. The van der Waals surface area contributed by atoms with Crippen LogP contribution >= 0.6 is 11.3 Å². The van der Waals surface area contributed by atoms with E-state index in [0.717, 1.165) is 22.5 Å². The van der Waals surface area contributed by atoms with Gasteiger partial charge in [0, 0.05) is 7.11 Å². The standard InChI is InChI=1S/C11H17N5OS/c1-3-7(6-17-2)13-9-8-4-5-18-10(8)15-11(14-9)16-12/h4-5,7H,3,6,12H2,1-2H3,(H2,13,14,15,16). The fraction of sp³-hybridized carbons (Fsp3) is 0.455. The van der Waals surface area contributed by atoms with Crippen LogP contribution in [0.4, 0.5) is 11.8 Å². The van der Waals surface area contributed by atoms with Crippen molar-refractivity contribution in [3.05, 3.63) is 11.4 Å². The Morgan fingerprint density at radius 2 is 2.33 bits per heavy atom. The molecule has 2 aromatic heterocycles. The highest BCUT2D eigenvalue weighted by molar-refractivity contribution is 7.16. The number of nitrogens with zero attached hydrogens (tertiary/aromatic N) is 2. The molecular formula is C11H17N5OS. The van der Waals surface area contributed by atoms with Gasteiger partial charge in [-0.05, 0) is 17.9 Å². The molecule has 18 heavy (non-hydrogen) atoms. The third-order valence-corrected chi connectivity index (χ3v) is 3.46. The summed E-state index contributed by atoms with van der Waals surface area (Å²) >= 11 is 1.56. The molecule has 0 aromatic carbocycles. The molecule has 2 rings (SSSR count). The number of hydrazine groups is 1. The first-order valence-corrected chi connectivity index (χ1v) is 6.63. The molecule has 4 N–H and O–H groups in total. The van der Waals surface area contributed by atoms with Crippen molar-refractivity contribution in [1.29, 1.82) is 0 Å². The lowest BCUT2D eigenvalue weighted by Crippen LogP contribution is -2.25. The molecule has 0 aliphatic rings. The Bertz CT molecular complexity index is 515. The van der Waals surface area contributed by atoms with Crippen molar-refractivity contribution in [2.24, 2.45) is 5.84 Å². The maximum absolute atomic E-state index is 5.38. The zero-order valence-electron chi connectivity index (χ0n) is 10.4. The molecule has 0 spiro atoms. The predicted octanol–water partition coefficient (Wildman–Crippen LogP) is 1.81. The molecule has 1 unspecified atom stereocenters. The van der Waals surface area contributed by atoms with Crippen LogP contribution in [0.2, 0.25) is 0 Å². The zero-order chi connectivity index (χ0) is 13.0. The lowest BCUT2D eigenvalue weighted by atomic mass is 10.2. The van der Waals surface area contributed by atoms with Gasteiger partial charge in [-0.2, -0.15) is 4.98 Å². The number of hydrogen-bond acceptors (Lipinski definition) is 7. The first-order chi connectivity index (χ1) is 8.78. The van der Waals surface area contributed by atoms with E-state index in [-0.39, 0.29) is 6.04 Å². The lowest BCUT2D eigenvalue weighted by Gasteiger charge is -2.17. The third-order valence-electron chi connectivity index (χ3n) is 2.66. The van der Waals surface area contributed by atoms with Crippen molar-refractivity contribution in [3.63, 3.8) is 0 Å². The van der Waals surface area contributed by atoms with Gasteiger partial charge in [-0.15, -0.1) is 11.3 Å². The summed E-state index contributed by atoms with van der Waals surface area (Å²) in [4.78, 5) is 9.56. The highest BCUT2D eigenvalue weighted by atomic mass is 32.1. The molecule has 2 aromatic rings. The lowest BCUT2D eigenvalue weighted by molar-refractivity contribution is 0.184. The fourth-order valence-electron chi connectivity index (χ4n) is 1.69. The summed E-state index contributed by atoms with van der Waals surface area (Å²) in [5.41, 5.74) is 2.49. The van der Waals surface area contributed by atoms with Crippen molar-refractivity contribution in [2.75, 3.05) is 24.5 Å². The Hall–Kier alpha value is -1.44. The Morgan fingerprint density at radius 1 is 1.50 bits per heavy atom. The van der Waals surface area contributed by atoms with Crippen LogP contribution in [-0.4, -0.2) is 29.7 Å². The second kappa shape index (κ2) is 5.94. The van der Waals surface area contributed by atoms with Gasteiger partial charge >= 0.3 is 0 Å². The SMILES string of the molecule is CCC(COC)Nc1nc(NN)nc2sccc12. The van der Waals surface area contributed by atoms with E-state index in [1.54, 1.807) is 18.4 Å². The maximum atomic E-state index is 5.38. The first-order valence-electron chi connectivity index (χ1n) is 5.75. The molecule has 2 heterocycles. The van der Waals surface area contributed by atoms with Crippen LogP contribution in [0.25, 0.3) is 10.2 Å². The van der Waals surface area contributed by atoms with E-state index in [2.05, 4.69) is 27.6 Å². The van der Waals surface area contributed by atoms with E-state index in [9.17, 15) is 0 Å². The van der Waals surface area contributed by atoms with Crippen LogP contribution in [0.5, 0.6) is 0 Å². The molecule has 0 saturated heterocycles. The van der Waals surface area contributed by atoms with Gasteiger partial charge in [-0.1, -0.05) is 6.92 Å². The van der Waals surface area contributed by atoms with Crippen molar-refractivity contribution in [2.45, 2.75) is 19.4 Å². The number of ether oxygens (including phenoxy) is 1. The van der Waals surface area contributed by atoms with Crippen molar-refractivity contribution < 1.29 is 4.74 Å². The minimum Gasteiger partial charge on any atom is -0.383 e. The molecule has 0 fully saturated rings. The number of anilines is 2. The largest absolute Gasteiger partial charge is 0.383 e. The Balaban J connectivity index is 2.32. The topological polar surface area (TPSA) is 85.1 Å². The quantitative estimate of drug-likeness (QED) is 0.547. The van der Waals surface area contributed by atoms with Gasteiger partial charge in [0.15, 0.2) is 0 Å². The summed E-state index contributed by atoms with van der Waals surface area (Å²) in [6.45, 7) is 2.74. The van der Waals surface area contributed by atoms with E-state index in [1.807, 2.05) is 11.4 Å². The predicted molar refractivity (Wildman–Crippen MR) is 74.8 cm³/mol. The van der Waals surface area contributed by atoms with Crippen LogP contribution in [0, 0.1) is 0 Å². The normalized spacial score (nSPS) is 12.6. The number of nitrogen functional groups attached to an aromatic ring is 1. The summed E-state index contributed by atoms with van der Waals surface area (Å²) in [5, 5.41) is 6.36. The Kier molecular flexibility index (Phi) is 4.29. The van der Waals surface area contributed by atoms with Crippen LogP contribution in [0.3, 0.4) is 0 Å². The third kappa shape index (κ3) is 2.69. The number of nitrogens with one attached hydrogen (secondary N) is 2. The molecule has 1 atom stereocenters. The molecule has 0 aliphatic heterocycles. The molecule has 7 heteroatoms. The molecular weight excluding hydrogens is 250 g/mol. The summed E-state index contributed by atoms with van der Waals surface area (Å²) in [7, 11) is 1.69. The van der Waals surface area contributed by atoms with E-state index in [0.29, 0.717) is 12.6 Å². The van der Waals surface area contributed by atoms with E-state index >= 15 is 0 Å². The van der Waals surface area contributed by atoms with E-state index in [1.165, 1.54) is 0 Å². The van der Waals surface area contributed by atoms with Gasteiger partial charge in [0.1, 0.15) is 10.6 Å². The molecule has 0 amide bonds. The van der Waals surface area contributed by atoms with Crippen molar-refractivity contribution in [1.82, 2.24) is 9.97 Å². The number of fused-ring (bicyclic) bond motifs is 1. The zero-order valence-corrected chi connectivity index (χ0v) is 11.3. The van der Waals surface area contributed by atoms with Gasteiger partial charge in [-0.3, -0.25) is 5.43 Å². The van der Waals surface area contributed by atoms with Gasteiger partial charge in [0.2, 0.25) is 5.95 Å². The monoisotopic (exact) mass is 267 g/mol. The molecule has 0 radical (unpaired) electrons. The van der Waals surface area contributed by atoms with Crippen LogP contribution < -0.4 is 16.6 Å². The summed E-state index contributed by atoms with van der Waals surface area (Å²) in [5.74, 6) is 6.58. The minimum atomic E-state index is 0.221. The van der Waals surface area contributed by atoms with Crippen LogP contribution in [0.15, 0.2) is 11.4 Å². The number of hydrogen-bond donors (Lipinski definition) is 3. The summed E-state index contributed by atoms with van der Waals surface area (Å²) in [6, 6.07) is 2.22. The second-order valence-corrected chi connectivity index (χ2v) is 4.78. The van der Waals surface area contributed by atoms with Gasteiger partial charge in [0.05, 0.1) is 18.0 Å². The number of aromatic nitrogens is 2. The molecule has 0 saturated carbocycles. The number of methoxy groups -OCH3 is 1. The van der Waals surface area contributed by atoms with E-state index < -0.39 is 0 Å². The minimum absolute atomic E-state index is 0.221. The smallest absolute Gasteiger partial charge is 0.240 e. The summed E-state index contributed by atoms with van der Waals surface area (Å²) < 4.78 is 5.17. The molecule has 98 valence electrons. The maximum Gasteiger partial charge on any atom is 0.240 e. The first kappa shape index (κ1) is 13.0. The van der Waals surface area contributed by atoms with Gasteiger partial charge in [-0.25, -0.2) is 10.8 Å².